The number of carbonyl (C=O) groups is 1. The third kappa shape index (κ3) is 2.45. The Hall–Kier alpha value is -0.870. The van der Waals surface area contributed by atoms with Crippen LogP contribution in [0.25, 0.3) is 0 Å². The molecule has 0 spiro atoms. The lowest BCUT2D eigenvalue weighted by Gasteiger charge is -2.43. The van der Waals surface area contributed by atoms with Gasteiger partial charge in [0, 0.05) is 51.2 Å². The molecule has 100 valence electrons. The number of nitrogens with zero attached hydrogens (tertiary/aromatic N) is 2. The van der Waals surface area contributed by atoms with Crippen molar-refractivity contribution in [3.63, 3.8) is 0 Å². The number of amides is 1. The topological polar surface area (TPSA) is 35.6 Å². The van der Waals surface area contributed by atoms with Crippen molar-refractivity contribution >= 4 is 5.91 Å². The van der Waals surface area contributed by atoms with Crippen LogP contribution in [0.3, 0.4) is 0 Å². The Morgan fingerprint density at radius 3 is 2.44 bits per heavy atom. The lowest BCUT2D eigenvalue weighted by molar-refractivity contribution is -0.138. The Kier molecular flexibility index (Phi) is 3.66. The maximum atomic E-state index is 12.4. The van der Waals surface area contributed by atoms with E-state index < -0.39 is 0 Å². The highest BCUT2D eigenvalue weighted by Gasteiger charge is 2.31. The highest BCUT2D eigenvalue weighted by molar-refractivity contribution is 5.79. The van der Waals surface area contributed by atoms with Crippen LogP contribution in [0, 0.1) is 5.92 Å². The normalized spacial score (nSPS) is 30.2. The predicted molar refractivity (Wildman–Crippen MR) is 71.3 cm³/mol. The van der Waals surface area contributed by atoms with Gasteiger partial charge in [-0.1, -0.05) is 12.2 Å². The summed E-state index contributed by atoms with van der Waals surface area (Å²) in [4.78, 5) is 17.0. The fraction of sp³-hybridized carbons (Fsp3) is 0.786. The Morgan fingerprint density at radius 2 is 1.89 bits per heavy atom. The molecule has 0 radical (unpaired) electrons. The van der Waals surface area contributed by atoms with Crippen LogP contribution in [0.4, 0.5) is 0 Å². The number of carbonyl (C=O) groups excluding carboxylic acids is 1. The van der Waals surface area contributed by atoms with Crippen molar-refractivity contribution < 1.29 is 4.79 Å². The van der Waals surface area contributed by atoms with E-state index >= 15 is 0 Å². The molecule has 0 aromatic rings. The van der Waals surface area contributed by atoms with Gasteiger partial charge in [0.05, 0.1) is 0 Å². The molecular weight excluding hydrogens is 226 g/mol. The van der Waals surface area contributed by atoms with Crippen LogP contribution in [0.15, 0.2) is 12.2 Å². The fourth-order valence-corrected chi connectivity index (χ4v) is 3.12. The second kappa shape index (κ2) is 5.41. The number of nitrogens with one attached hydrogen (secondary N) is 1. The van der Waals surface area contributed by atoms with Gasteiger partial charge in [-0.05, 0) is 19.3 Å². The third-order valence-electron chi connectivity index (χ3n) is 4.52. The number of allylic oxidation sites excluding steroid dienone is 2. The molecule has 2 saturated heterocycles. The van der Waals surface area contributed by atoms with E-state index in [2.05, 4.69) is 27.3 Å². The van der Waals surface area contributed by atoms with Crippen LogP contribution in [-0.4, -0.2) is 61.0 Å². The summed E-state index contributed by atoms with van der Waals surface area (Å²) in [7, 11) is 0. The van der Waals surface area contributed by atoms with Gasteiger partial charge in [-0.15, -0.1) is 0 Å². The predicted octanol–water partition coefficient (Wildman–Crippen LogP) is 0.459. The third-order valence-corrected chi connectivity index (χ3v) is 4.52. The van der Waals surface area contributed by atoms with E-state index in [0.717, 1.165) is 64.6 Å². The summed E-state index contributed by atoms with van der Waals surface area (Å²) in [6, 6.07) is 0.722. The van der Waals surface area contributed by atoms with Crippen molar-refractivity contribution in [2.45, 2.75) is 25.3 Å². The summed E-state index contributed by atoms with van der Waals surface area (Å²) in [5.74, 6) is 0.651. The van der Waals surface area contributed by atoms with Crippen molar-refractivity contribution in [3.05, 3.63) is 12.2 Å². The maximum Gasteiger partial charge on any atom is 0.226 e. The van der Waals surface area contributed by atoms with E-state index in [0.29, 0.717) is 5.91 Å². The van der Waals surface area contributed by atoms with Crippen molar-refractivity contribution in [3.8, 4) is 0 Å². The van der Waals surface area contributed by atoms with Crippen LogP contribution >= 0.6 is 0 Å². The molecule has 0 bridgehead atoms. The van der Waals surface area contributed by atoms with Crippen LogP contribution < -0.4 is 5.32 Å². The molecule has 4 nitrogen and oxygen atoms in total. The van der Waals surface area contributed by atoms with E-state index in [1.807, 2.05) is 0 Å². The first-order valence-electron chi connectivity index (χ1n) is 7.23. The maximum absolute atomic E-state index is 12.4. The summed E-state index contributed by atoms with van der Waals surface area (Å²) in [6.45, 7) is 6.22. The quantitative estimate of drug-likeness (QED) is 0.722. The van der Waals surface area contributed by atoms with Gasteiger partial charge in [-0.2, -0.15) is 0 Å². The molecule has 1 aliphatic carbocycles. The summed E-state index contributed by atoms with van der Waals surface area (Å²) in [5, 5.41) is 3.31. The van der Waals surface area contributed by atoms with Gasteiger partial charge in [-0.25, -0.2) is 0 Å². The van der Waals surface area contributed by atoms with Crippen LogP contribution in [-0.2, 0) is 4.79 Å². The highest BCUT2D eigenvalue weighted by Crippen LogP contribution is 2.21. The van der Waals surface area contributed by atoms with Crippen molar-refractivity contribution in [1.29, 1.82) is 0 Å². The number of piperazine rings is 1. The lowest BCUT2D eigenvalue weighted by atomic mass is 9.93. The van der Waals surface area contributed by atoms with Gasteiger partial charge >= 0.3 is 0 Å². The Balaban J connectivity index is 1.49. The van der Waals surface area contributed by atoms with E-state index in [1.54, 1.807) is 0 Å². The fourth-order valence-electron chi connectivity index (χ4n) is 3.12. The molecule has 2 fully saturated rings. The summed E-state index contributed by atoms with van der Waals surface area (Å²) < 4.78 is 0. The Morgan fingerprint density at radius 1 is 1.11 bits per heavy atom. The van der Waals surface area contributed by atoms with Gasteiger partial charge in [0.25, 0.3) is 0 Å². The molecule has 1 amide bonds. The molecule has 2 heterocycles. The minimum atomic E-state index is 0.256. The standard InChI is InChI=1S/C14H23N3O/c18-14(12-4-2-1-3-5-12)17-8-6-16(7-9-17)13-10-15-11-13/h1-2,12-13,15H,3-11H2. The number of rotatable bonds is 2. The van der Waals surface area contributed by atoms with Crippen LogP contribution in [0.1, 0.15) is 19.3 Å². The molecule has 1 atom stereocenters. The van der Waals surface area contributed by atoms with E-state index in [-0.39, 0.29) is 5.92 Å². The Bertz CT molecular complexity index is 330. The first-order chi connectivity index (χ1) is 8.84. The van der Waals surface area contributed by atoms with Crippen molar-refractivity contribution in [1.82, 2.24) is 15.1 Å². The first-order valence-corrected chi connectivity index (χ1v) is 7.23. The van der Waals surface area contributed by atoms with Gasteiger partial charge < -0.3 is 10.2 Å². The molecule has 3 aliphatic rings. The second-order valence-corrected chi connectivity index (χ2v) is 5.65. The molecule has 4 heteroatoms. The van der Waals surface area contributed by atoms with E-state index in [4.69, 9.17) is 0 Å². The summed E-state index contributed by atoms with van der Waals surface area (Å²) >= 11 is 0. The molecule has 0 aromatic carbocycles. The summed E-state index contributed by atoms with van der Waals surface area (Å²) in [5.41, 5.74) is 0. The minimum absolute atomic E-state index is 0.256. The van der Waals surface area contributed by atoms with E-state index in [1.165, 1.54) is 0 Å². The average Bonchev–Trinajstić information content (AvgIpc) is 2.38. The monoisotopic (exact) mass is 249 g/mol. The molecule has 0 aromatic heterocycles. The summed E-state index contributed by atoms with van der Waals surface area (Å²) in [6.07, 6.45) is 7.44. The number of hydrogen-bond acceptors (Lipinski definition) is 3. The smallest absolute Gasteiger partial charge is 0.226 e. The van der Waals surface area contributed by atoms with Crippen LogP contribution in [0.2, 0.25) is 0 Å². The first kappa shape index (κ1) is 12.2. The SMILES string of the molecule is O=C(C1CC=CCC1)N1CCN(C2CNC2)CC1. The molecule has 18 heavy (non-hydrogen) atoms. The zero-order valence-corrected chi connectivity index (χ0v) is 11.0. The van der Waals surface area contributed by atoms with Gasteiger partial charge in [-0.3, -0.25) is 9.69 Å². The zero-order chi connectivity index (χ0) is 12.4. The molecule has 0 saturated carbocycles. The molecule has 2 aliphatic heterocycles. The van der Waals surface area contributed by atoms with E-state index in [9.17, 15) is 4.79 Å². The average molecular weight is 249 g/mol. The second-order valence-electron chi connectivity index (χ2n) is 5.65. The van der Waals surface area contributed by atoms with Crippen molar-refractivity contribution in [2.75, 3.05) is 39.3 Å². The van der Waals surface area contributed by atoms with Crippen LogP contribution in [0.5, 0.6) is 0 Å². The Labute approximate surface area is 109 Å². The number of hydrogen-bond donors (Lipinski definition) is 1. The molecule has 1 unspecified atom stereocenters. The largest absolute Gasteiger partial charge is 0.340 e. The lowest BCUT2D eigenvalue weighted by Crippen LogP contribution is -2.62. The van der Waals surface area contributed by atoms with Gasteiger partial charge in [0.1, 0.15) is 0 Å². The van der Waals surface area contributed by atoms with Gasteiger partial charge in [0.15, 0.2) is 0 Å². The molecular formula is C14H23N3O. The minimum Gasteiger partial charge on any atom is -0.340 e. The highest BCUT2D eigenvalue weighted by atomic mass is 16.2. The molecule has 3 rings (SSSR count). The van der Waals surface area contributed by atoms with Gasteiger partial charge in [0.2, 0.25) is 5.91 Å². The van der Waals surface area contributed by atoms with Crippen molar-refractivity contribution in [2.24, 2.45) is 5.92 Å². The molecule has 1 N–H and O–H groups in total. The zero-order valence-electron chi connectivity index (χ0n) is 11.0.